The lowest BCUT2D eigenvalue weighted by atomic mass is 10.3. The highest BCUT2D eigenvalue weighted by molar-refractivity contribution is 7.88. The van der Waals surface area contributed by atoms with Gasteiger partial charge in [0, 0.05) is 0 Å². The minimum Gasteiger partial charge on any atom is -0.369 e. The van der Waals surface area contributed by atoms with Crippen LogP contribution in [0.2, 0.25) is 0 Å². The molecule has 0 fully saturated rings. The summed E-state index contributed by atoms with van der Waals surface area (Å²) in [6.07, 6.45) is 0. The second kappa shape index (κ2) is 4.51. The van der Waals surface area contributed by atoms with Crippen molar-refractivity contribution in [3.8, 4) is 5.75 Å². The van der Waals surface area contributed by atoms with Crippen LogP contribution in [-0.2, 0) is 10.1 Å². The van der Waals surface area contributed by atoms with Crippen LogP contribution in [0.4, 0.5) is 35.1 Å². The Balaban J connectivity index is 3.48. The van der Waals surface area contributed by atoms with Gasteiger partial charge in [0.05, 0.1) is 0 Å². The van der Waals surface area contributed by atoms with Crippen molar-refractivity contribution >= 4 is 10.1 Å². The Bertz CT molecular complexity index is 591. The molecule has 0 aliphatic carbocycles. The van der Waals surface area contributed by atoms with Gasteiger partial charge >= 0.3 is 15.6 Å². The quantitative estimate of drug-likeness (QED) is 0.277. The van der Waals surface area contributed by atoms with Crippen molar-refractivity contribution in [2.75, 3.05) is 0 Å². The van der Waals surface area contributed by atoms with E-state index in [9.17, 15) is 43.5 Å². The molecule has 0 aliphatic rings. The highest BCUT2D eigenvalue weighted by atomic mass is 32.2. The van der Waals surface area contributed by atoms with Crippen LogP contribution in [0.3, 0.4) is 0 Å². The molecule has 0 amide bonds. The van der Waals surface area contributed by atoms with Crippen molar-refractivity contribution in [1.29, 1.82) is 0 Å². The number of hydrogen-bond donors (Lipinski definition) is 0. The molecule has 19 heavy (non-hydrogen) atoms. The summed E-state index contributed by atoms with van der Waals surface area (Å²) in [6, 6.07) is 0. The maximum absolute atomic E-state index is 12.8. The summed E-state index contributed by atoms with van der Waals surface area (Å²) in [5.74, 6) is -16.2. The van der Waals surface area contributed by atoms with E-state index in [-0.39, 0.29) is 0 Å². The van der Waals surface area contributed by atoms with Crippen molar-refractivity contribution in [2.45, 2.75) is 5.51 Å². The Morgan fingerprint density at radius 3 is 1.37 bits per heavy atom. The zero-order chi connectivity index (χ0) is 15.2. The molecule has 0 radical (unpaired) electrons. The van der Waals surface area contributed by atoms with Crippen LogP contribution in [0.15, 0.2) is 0 Å². The van der Waals surface area contributed by atoms with E-state index in [0.29, 0.717) is 0 Å². The molecule has 0 saturated heterocycles. The smallest absolute Gasteiger partial charge is 0.369 e. The van der Waals surface area contributed by atoms with Crippen LogP contribution in [-0.4, -0.2) is 13.9 Å². The lowest BCUT2D eigenvalue weighted by molar-refractivity contribution is -0.0502. The van der Waals surface area contributed by atoms with E-state index in [0.717, 1.165) is 0 Å². The fraction of sp³-hybridized carbons (Fsp3) is 0.143. The third-order valence-corrected chi connectivity index (χ3v) is 2.60. The van der Waals surface area contributed by atoms with Crippen molar-refractivity contribution in [1.82, 2.24) is 0 Å². The lowest BCUT2D eigenvalue weighted by Gasteiger charge is -2.11. The van der Waals surface area contributed by atoms with Crippen molar-refractivity contribution in [2.24, 2.45) is 0 Å². The predicted molar refractivity (Wildman–Crippen MR) is 41.8 cm³/mol. The molecule has 12 heteroatoms. The normalized spacial score (nSPS) is 12.6. The molecule has 0 spiro atoms. The fourth-order valence-corrected chi connectivity index (χ4v) is 1.28. The summed E-state index contributed by atoms with van der Waals surface area (Å²) in [7, 11) is -6.58. The Morgan fingerprint density at radius 2 is 1.05 bits per heavy atom. The standard InChI is InChI=1S/C7F8O3S/c8-1-2(9)4(11)6(5(12)3(1)10)18-19(16,17)7(13,14)15. The van der Waals surface area contributed by atoms with Crippen LogP contribution in [0.1, 0.15) is 0 Å². The molecule has 0 saturated carbocycles. The molecule has 0 unspecified atom stereocenters. The van der Waals surface area contributed by atoms with Gasteiger partial charge in [0.1, 0.15) is 0 Å². The topological polar surface area (TPSA) is 43.4 Å². The second-order valence-corrected chi connectivity index (χ2v) is 4.42. The first kappa shape index (κ1) is 15.5. The van der Waals surface area contributed by atoms with E-state index >= 15 is 0 Å². The molecule has 3 nitrogen and oxygen atoms in total. The molecule has 1 aromatic carbocycles. The Kier molecular flexibility index (Phi) is 3.67. The maximum atomic E-state index is 12.8. The zero-order valence-electron chi connectivity index (χ0n) is 8.16. The second-order valence-electron chi connectivity index (χ2n) is 2.88. The van der Waals surface area contributed by atoms with Crippen LogP contribution in [0, 0.1) is 29.1 Å². The van der Waals surface area contributed by atoms with Gasteiger partial charge < -0.3 is 4.18 Å². The minimum atomic E-state index is -6.58. The van der Waals surface area contributed by atoms with E-state index in [4.69, 9.17) is 0 Å². The number of hydrogen-bond acceptors (Lipinski definition) is 3. The van der Waals surface area contributed by atoms with Gasteiger partial charge in [-0.25, -0.2) is 13.2 Å². The molecule has 0 aliphatic heterocycles. The average Bonchev–Trinajstić information content (AvgIpc) is 2.28. The molecule has 1 aromatic rings. The molecule has 0 atom stereocenters. The van der Waals surface area contributed by atoms with E-state index in [2.05, 4.69) is 4.18 Å². The van der Waals surface area contributed by atoms with Gasteiger partial charge in [-0.3, -0.25) is 0 Å². The summed E-state index contributed by atoms with van der Waals surface area (Å²) in [4.78, 5) is 0. The number of rotatable bonds is 2. The summed E-state index contributed by atoms with van der Waals surface area (Å²) in [5, 5.41) is 0. The van der Waals surface area contributed by atoms with Gasteiger partial charge in [-0.05, 0) is 0 Å². The highest BCUT2D eigenvalue weighted by Gasteiger charge is 2.49. The molecular weight excluding hydrogens is 316 g/mol. The summed E-state index contributed by atoms with van der Waals surface area (Å²) >= 11 is 0. The van der Waals surface area contributed by atoms with Gasteiger partial charge in [0.2, 0.25) is 34.8 Å². The summed E-state index contributed by atoms with van der Waals surface area (Å²) < 4.78 is 123. The molecular formula is C7F8O3S. The largest absolute Gasteiger partial charge is 0.534 e. The number of halogens is 8. The van der Waals surface area contributed by atoms with E-state index in [1.807, 2.05) is 0 Å². The lowest BCUT2D eigenvalue weighted by Crippen LogP contribution is -2.29. The molecule has 1 rings (SSSR count). The fourth-order valence-electron chi connectivity index (χ4n) is 0.815. The first-order valence-electron chi connectivity index (χ1n) is 3.92. The summed E-state index contributed by atoms with van der Waals surface area (Å²) in [6.45, 7) is 0. The van der Waals surface area contributed by atoms with Crippen LogP contribution in [0.25, 0.3) is 0 Å². The number of benzene rings is 1. The maximum Gasteiger partial charge on any atom is 0.534 e. The SMILES string of the molecule is O=S(=O)(Oc1c(F)c(F)c(F)c(F)c1F)C(F)(F)F. The third kappa shape index (κ3) is 2.57. The van der Waals surface area contributed by atoms with Gasteiger partial charge in [0.15, 0.2) is 0 Å². The Labute approximate surface area is 99.1 Å². The van der Waals surface area contributed by atoms with Crippen LogP contribution in [0.5, 0.6) is 5.75 Å². The average molecular weight is 316 g/mol. The van der Waals surface area contributed by atoms with Gasteiger partial charge in [-0.2, -0.15) is 30.4 Å². The predicted octanol–water partition coefficient (Wildman–Crippen LogP) is 2.61. The van der Waals surface area contributed by atoms with E-state index in [1.165, 1.54) is 0 Å². The van der Waals surface area contributed by atoms with Crippen LogP contribution < -0.4 is 4.18 Å². The van der Waals surface area contributed by atoms with E-state index < -0.39 is 50.5 Å². The third-order valence-electron chi connectivity index (χ3n) is 1.65. The van der Waals surface area contributed by atoms with Crippen LogP contribution >= 0.6 is 0 Å². The van der Waals surface area contributed by atoms with Gasteiger partial charge in [-0.1, -0.05) is 0 Å². The zero-order valence-corrected chi connectivity index (χ0v) is 8.97. The first-order chi connectivity index (χ1) is 8.40. The first-order valence-corrected chi connectivity index (χ1v) is 5.33. The van der Waals surface area contributed by atoms with Gasteiger partial charge in [0.25, 0.3) is 0 Å². The van der Waals surface area contributed by atoms with E-state index in [1.54, 1.807) is 0 Å². The van der Waals surface area contributed by atoms with Crippen molar-refractivity contribution in [3.05, 3.63) is 29.1 Å². The molecule has 0 aromatic heterocycles. The minimum absolute atomic E-state index is 2.56. The molecule has 0 heterocycles. The summed E-state index contributed by atoms with van der Waals surface area (Å²) in [5.41, 5.74) is -6.10. The highest BCUT2D eigenvalue weighted by Crippen LogP contribution is 2.33. The Hall–Kier alpha value is -1.59. The van der Waals surface area contributed by atoms with Crippen molar-refractivity contribution in [3.63, 3.8) is 0 Å². The molecule has 0 N–H and O–H groups in total. The van der Waals surface area contributed by atoms with Crippen molar-refractivity contribution < 1.29 is 47.7 Å². The molecule has 108 valence electrons. The number of alkyl halides is 3. The monoisotopic (exact) mass is 316 g/mol. The Morgan fingerprint density at radius 1 is 0.737 bits per heavy atom. The molecule has 0 bridgehead atoms. The van der Waals surface area contributed by atoms with Gasteiger partial charge in [-0.15, -0.1) is 0 Å².